The van der Waals surface area contributed by atoms with Crippen molar-refractivity contribution in [1.82, 2.24) is 10.2 Å². The quantitative estimate of drug-likeness (QED) is 0.632. The molecule has 0 radical (unpaired) electrons. The molecule has 0 aromatic rings. The molecule has 0 aromatic carbocycles. The molecule has 4 nitrogen and oxygen atoms in total. The summed E-state index contributed by atoms with van der Waals surface area (Å²) in [4.78, 5) is 7.41. The summed E-state index contributed by atoms with van der Waals surface area (Å²) in [5.74, 6) is 3.54. The Kier molecular flexibility index (Phi) is 3.37. The lowest BCUT2D eigenvalue weighted by atomic mass is 9.82. The minimum absolute atomic E-state index is 0.546. The van der Waals surface area contributed by atoms with Gasteiger partial charge in [0.1, 0.15) is 0 Å². The molecule has 0 spiro atoms. The molecule has 1 saturated carbocycles. The molecule has 1 N–H and O–H groups in total. The molecule has 112 valence electrons. The second-order valence-electron chi connectivity index (χ2n) is 7.01. The van der Waals surface area contributed by atoms with Crippen molar-refractivity contribution in [3.63, 3.8) is 0 Å². The van der Waals surface area contributed by atoms with Crippen molar-refractivity contribution in [3.05, 3.63) is 0 Å². The molecule has 2 bridgehead atoms. The van der Waals surface area contributed by atoms with E-state index in [0.29, 0.717) is 12.2 Å². The van der Waals surface area contributed by atoms with Gasteiger partial charge in [0, 0.05) is 38.0 Å². The fourth-order valence-corrected chi connectivity index (χ4v) is 4.45. The van der Waals surface area contributed by atoms with E-state index in [-0.39, 0.29) is 0 Å². The monoisotopic (exact) mass is 277 g/mol. The molecule has 4 atom stereocenters. The Bertz CT molecular complexity index is 375. The van der Waals surface area contributed by atoms with Crippen LogP contribution in [0.25, 0.3) is 0 Å². The van der Waals surface area contributed by atoms with E-state index in [4.69, 9.17) is 9.73 Å². The Morgan fingerprint density at radius 3 is 2.40 bits per heavy atom. The lowest BCUT2D eigenvalue weighted by Gasteiger charge is -2.26. The van der Waals surface area contributed by atoms with Crippen molar-refractivity contribution < 1.29 is 4.74 Å². The van der Waals surface area contributed by atoms with Gasteiger partial charge in [0.05, 0.1) is 12.2 Å². The number of fused-ring (bicyclic) bond motifs is 5. The number of guanidine groups is 1. The van der Waals surface area contributed by atoms with Crippen molar-refractivity contribution in [2.45, 2.75) is 51.2 Å². The Labute approximate surface area is 122 Å². The summed E-state index contributed by atoms with van der Waals surface area (Å²) in [6, 6.07) is 0. The molecular weight excluding hydrogens is 250 g/mol. The van der Waals surface area contributed by atoms with Crippen LogP contribution in [0.5, 0.6) is 0 Å². The number of ether oxygens (including phenoxy) is 1. The first-order valence-electron chi connectivity index (χ1n) is 8.54. The highest BCUT2D eigenvalue weighted by atomic mass is 16.5. The average Bonchev–Trinajstić information content (AvgIpc) is 3.07. The standard InChI is InChI=1S/C16H27N3O/c1-2-17-16(18-8-11-4-3-5-11)19-9-12-13(10-19)15-7-6-14(12)20-15/h11-15H,2-10H2,1H3,(H,17,18). The van der Waals surface area contributed by atoms with Gasteiger partial charge in [0.25, 0.3) is 0 Å². The highest BCUT2D eigenvalue weighted by Gasteiger charge is 2.53. The number of nitrogens with one attached hydrogen (secondary N) is 1. The summed E-state index contributed by atoms with van der Waals surface area (Å²) in [5.41, 5.74) is 0. The van der Waals surface area contributed by atoms with E-state index in [2.05, 4.69) is 17.1 Å². The van der Waals surface area contributed by atoms with Gasteiger partial charge in [-0.25, -0.2) is 0 Å². The van der Waals surface area contributed by atoms with Crippen LogP contribution in [-0.4, -0.2) is 49.2 Å². The Hall–Kier alpha value is -0.770. The topological polar surface area (TPSA) is 36.9 Å². The van der Waals surface area contributed by atoms with E-state index in [1.807, 2.05) is 0 Å². The molecular formula is C16H27N3O. The van der Waals surface area contributed by atoms with Crippen molar-refractivity contribution in [2.75, 3.05) is 26.2 Å². The number of likely N-dealkylation sites (tertiary alicyclic amines) is 1. The molecule has 4 unspecified atom stereocenters. The van der Waals surface area contributed by atoms with Gasteiger partial charge < -0.3 is 15.0 Å². The molecule has 3 aliphatic heterocycles. The van der Waals surface area contributed by atoms with E-state index in [9.17, 15) is 0 Å². The minimum atomic E-state index is 0.546. The summed E-state index contributed by atoms with van der Waals surface area (Å²) < 4.78 is 6.07. The molecule has 4 aliphatic rings. The van der Waals surface area contributed by atoms with Gasteiger partial charge in [0.2, 0.25) is 0 Å². The van der Waals surface area contributed by atoms with Crippen molar-refractivity contribution >= 4 is 5.96 Å². The summed E-state index contributed by atoms with van der Waals surface area (Å²) in [5, 5.41) is 3.50. The van der Waals surface area contributed by atoms with Crippen molar-refractivity contribution in [3.8, 4) is 0 Å². The maximum Gasteiger partial charge on any atom is 0.193 e. The SMILES string of the molecule is CCNC(=NCC1CCC1)N1CC2C3CCC(O3)C2C1. The first-order chi connectivity index (χ1) is 9.85. The van der Waals surface area contributed by atoms with E-state index in [0.717, 1.165) is 49.9 Å². The van der Waals surface area contributed by atoms with Crippen LogP contribution in [0.3, 0.4) is 0 Å². The molecule has 4 rings (SSSR count). The van der Waals surface area contributed by atoms with Crippen LogP contribution in [0.2, 0.25) is 0 Å². The first-order valence-corrected chi connectivity index (χ1v) is 8.54. The maximum atomic E-state index is 6.07. The van der Waals surface area contributed by atoms with Gasteiger partial charge in [-0.2, -0.15) is 0 Å². The van der Waals surface area contributed by atoms with E-state index < -0.39 is 0 Å². The number of aliphatic imine (C=N–C) groups is 1. The summed E-state index contributed by atoms with van der Waals surface area (Å²) in [6.45, 7) is 6.48. The zero-order valence-electron chi connectivity index (χ0n) is 12.6. The normalized spacial score (nSPS) is 40.0. The molecule has 3 saturated heterocycles. The predicted octanol–water partition coefficient (Wildman–Crippen LogP) is 1.86. The number of rotatable bonds is 3. The summed E-state index contributed by atoms with van der Waals surface area (Å²) in [6.07, 6.45) is 7.84. The van der Waals surface area contributed by atoms with Crippen LogP contribution < -0.4 is 5.32 Å². The molecule has 0 aromatic heterocycles. The van der Waals surface area contributed by atoms with Gasteiger partial charge in [-0.1, -0.05) is 6.42 Å². The van der Waals surface area contributed by atoms with Gasteiger partial charge in [-0.05, 0) is 38.5 Å². The van der Waals surface area contributed by atoms with Crippen molar-refractivity contribution in [1.29, 1.82) is 0 Å². The smallest absolute Gasteiger partial charge is 0.193 e. The average molecular weight is 277 g/mol. The maximum absolute atomic E-state index is 6.07. The van der Waals surface area contributed by atoms with E-state index in [1.54, 1.807) is 0 Å². The molecule has 0 amide bonds. The third kappa shape index (κ3) is 2.12. The van der Waals surface area contributed by atoms with Crippen LogP contribution in [0.1, 0.15) is 39.0 Å². The Balaban J connectivity index is 1.42. The van der Waals surface area contributed by atoms with Gasteiger partial charge in [0.15, 0.2) is 5.96 Å². The molecule has 4 heteroatoms. The summed E-state index contributed by atoms with van der Waals surface area (Å²) in [7, 11) is 0. The fourth-order valence-electron chi connectivity index (χ4n) is 4.45. The van der Waals surface area contributed by atoms with Gasteiger partial charge in [-0.15, -0.1) is 0 Å². The second kappa shape index (κ2) is 5.21. The Morgan fingerprint density at radius 2 is 1.85 bits per heavy atom. The first kappa shape index (κ1) is 12.9. The van der Waals surface area contributed by atoms with Crippen LogP contribution in [0.4, 0.5) is 0 Å². The van der Waals surface area contributed by atoms with E-state index in [1.165, 1.54) is 32.1 Å². The molecule has 3 heterocycles. The molecule has 20 heavy (non-hydrogen) atoms. The van der Waals surface area contributed by atoms with Crippen molar-refractivity contribution in [2.24, 2.45) is 22.7 Å². The minimum Gasteiger partial charge on any atom is -0.374 e. The zero-order chi connectivity index (χ0) is 13.5. The molecule has 1 aliphatic carbocycles. The van der Waals surface area contributed by atoms with Gasteiger partial charge in [-0.3, -0.25) is 4.99 Å². The zero-order valence-corrected chi connectivity index (χ0v) is 12.6. The van der Waals surface area contributed by atoms with Crippen LogP contribution >= 0.6 is 0 Å². The lowest BCUT2D eigenvalue weighted by Crippen LogP contribution is -2.41. The van der Waals surface area contributed by atoms with E-state index >= 15 is 0 Å². The predicted molar refractivity (Wildman–Crippen MR) is 79.8 cm³/mol. The largest absolute Gasteiger partial charge is 0.374 e. The van der Waals surface area contributed by atoms with Crippen LogP contribution in [0, 0.1) is 17.8 Å². The molecule has 4 fully saturated rings. The number of nitrogens with zero attached hydrogens (tertiary/aromatic N) is 2. The third-order valence-electron chi connectivity index (χ3n) is 5.81. The second-order valence-corrected chi connectivity index (χ2v) is 7.01. The fraction of sp³-hybridized carbons (Fsp3) is 0.938. The third-order valence-corrected chi connectivity index (χ3v) is 5.81. The van der Waals surface area contributed by atoms with Crippen LogP contribution in [0.15, 0.2) is 4.99 Å². The highest BCUT2D eigenvalue weighted by Crippen LogP contribution is 2.47. The number of hydrogen-bond donors (Lipinski definition) is 1. The number of hydrogen-bond acceptors (Lipinski definition) is 2. The van der Waals surface area contributed by atoms with Gasteiger partial charge >= 0.3 is 0 Å². The van der Waals surface area contributed by atoms with Crippen LogP contribution in [-0.2, 0) is 4.74 Å². The summed E-state index contributed by atoms with van der Waals surface area (Å²) >= 11 is 0. The lowest BCUT2D eigenvalue weighted by molar-refractivity contribution is 0.0767. The Morgan fingerprint density at radius 1 is 1.15 bits per heavy atom. The highest BCUT2D eigenvalue weighted by molar-refractivity contribution is 5.80.